The van der Waals surface area contributed by atoms with Crippen LogP contribution in [-0.4, -0.2) is 25.4 Å². The van der Waals surface area contributed by atoms with Crippen LogP contribution in [0.15, 0.2) is 40.5 Å². The maximum absolute atomic E-state index is 11.4. The summed E-state index contributed by atoms with van der Waals surface area (Å²) in [4.78, 5) is 11.1. The van der Waals surface area contributed by atoms with Crippen LogP contribution in [0, 0.1) is 16.0 Å². The predicted molar refractivity (Wildman–Crippen MR) is 82.5 cm³/mol. The van der Waals surface area contributed by atoms with Crippen LogP contribution in [0.25, 0.3) is 0 Å². The first-order valence-electron chi connectivity index (χ1n) is 6.74. The van der Waals surface area contributed by atoms with E-state index in [1.165, 1.54) is 0 Å². The molecule has 0 heterocycles. The second kappa shape index (κ2) is 7.15. The summed E-state index contributed by atoms with van der Waals surface area (Å²) >= 11 is 3.50. The summed E-state index contributed by atoms with van der Waals surface area (Å²) in [6.45, 7) is 0. The Labute approximate surface area is 132 Å². The Bertz CT molecular complexity index is 542. The van der Waals surface area contributed by atoms with Gasteiger partial charge in [0.15, 0.2) is 6.29 Å². The van der Waals surface area contributed by atoms with Crippen molar-refractivity contribution in [3.8, 4) is 0 Å². The molecular formula is C15H18BrNO4. The van der Waals surface area contributed by atoms with Crippen molar-refractivity contribution in [2.45, 2.75) is 25.0 Å². The van der Waals surface area contributed by atoms with Gasteiger partial charge in [-0.05, 0) is 30.5 Å². The zero-order valence-corrected chi connectivity index (χ0v) is 13.6. The van der Waals surface area contributed by atoms with E-state index in [-0.39, 0.29) is 22.5 Å². The minimum atomic E-state index is -0.467. The molecule has 0 aliphatic heterocycles. The maximum atomic E-state index is 11.4. The van der Waals surface area contributed by atoms with Gasteiger partial charge in [0.1, 0.15) is 0 Å². The quantitative estimate of drug-likeness (QED) is 0.458. The van der Waals surface area contributed by atoms with E-state index in [2.05, 4.69) is 15.9 Å². The fraction of sp³-hybridized carbons (Fsp3) is 0.467. The minimum Gasteiger partial charge on any atom is -0.356 e. The third-order valence-electron chi connectivity index (χ3n) is 3.87. The van der Waals surface area contributed by atoms with Gasteiger partial charge in [0, 0.05) is 24.6 Å². The van der Waals surface area contributed by atoms with Gasteiger partial charge in [0.05, 0.1) is 10.8 Å². The Kier molecular flexibility index (Phi) is 5.50. The number of ether oxygens (including phenoxy) is 2. The molecule has 21 heavy (non-hydrogen) atoms. The highest BCUT2D eigenvalue weighted by Crippen LogP contribution is 2.43. The average Bonchev–Trinajstić information content (AvgIpc) is 2.49. The Morgan fingerprint density at radius 3 is 2.57 bits per heavy atom. The summed E-state index contributed by atoms with van der Waals surface area (Å²) < 4.78 is 11.6. The molecule has 0 spiro atoms. The van der Waals surface area contributed by atoms with Gasteiger partial charge < -0.3 is 9.47 Å². The number of hydrogen-bond acceptors (Lipinski definition) is 4. The highest BCUT2D eigenvalue weighted by Gasteiger charge is 2.41. The van der Waals surface area contributed by atoms with E-state index in [1.807, 2.05) is 24.3 Å². The Balaban J connectivity index is 2.50. The van der Waals surface area contributed by atoms with Crippen molar-refractivity contribution in [1.82, 2.24) is 0 Å². The molecule has 0 unspecified atom stereocenters. The van der Waals surface area contributed by atoms with Crippen molar-refractivity contribution in [2.75, 3.05) is 14.2 Å². The van der Waals surface area contributed by atoms with E-state index in [9.17, 15) is 10.1 Å². The third kappa shape index (κ3) is 3.33. The third-order valence-corrected chi connectivity index (χ3v) is 4.59. The zero-order valence-electron chi connectivity index (χ0n) is 12.0. The Morgan fingerprint density at radius 2 is 2.00 bits per heavy atom. The van der Waals surface area contributed by atoms with Crippen molar-refractivity contribution in [1.29, 1.82) is 0 Å². The molecule has 1 aliphatic rings. The summed E-state index contributed by atoms with van der Waals surface area (Å²) in [6, 6.07) is 7.59. The molecule has 0 saturated carbocycles. The highest BCUT2D eigenvalue weighted by atomic mass is 79.9. The summed E-state index contributed by atoms with van der Waals surface area (Å²) in [7, 11) is 3.13. The number of hydrogen-bond donors (Lipinski definition) is 0. The molecule has 1 aliphatic carbocycles. The standard InChI is InChI=1S/C15H18BrNO4/c1-20-15(21-2)11-7-5-9-13(17(18)19)14(11)10-6-3-4-8-12(10)16/h3-4,6,8-9,11,14-15H,5,7H2,1-2H3/t11-,14-/m1/s1. The van der Waals surface area contributed by atoms with E-state index in [1.54, 1.807) is 20.3 Å². The van der Waals surface area contributed by atoms with Crippen molar-refractivity contribution >= 4 is 15.9 Å². The first-order chi connectivity index (χ1) is 10.1. The van der Waals surface area contributed by atoms with Gasteiger partial charge in [-0.1, -0.05) is 34.1 Å². The largest absolute Gasteiger partial charge is 0.356 e. The van der Waals surface area contributed by atoms with E-state index in [0.29, 0.717) is 6.42 Å². The summed E-state index contributed by atoms with van der Waals surface area (Å²) in [5, 5.41) is 11.4. The Morgan fingerprint density at radius 1 is 1.33 bits per heavy atom. The summed E-state index contributed by atoms with van der Waals surface area (Å²) in [6.07, 6.45) is 2.69. The van der Waals surface area contributed by atoms with E-state index in [4.69, 9.17) is 9.47 Å². The molecule has 0 radical (unpaired) electrons. The molecule has 0 aromatic heterocycles. The minimum absolute atomic E-state index is 0.0934. The highest BCUT2D eigenvalue weighted by molar-refractivity contribution is 9.10. The monoisotopic (exact) mass is 355 g/mol. The van der Waals surface area contributed by atoms with Gasteiger partial charge in [-0.15, -0.1) is 0 Å². The summed E-state index contributed by atoms with van der Waals surface area (Å²) in [5.74, 6) is -0.446. The first kappa shape index (κ1) is 16.1. The lowest BCUT2D eigenvalue weighted by molar-refractivity contribution is -0.434. The van der Waals surface area contributed by atoms with Crippen LogP contribution in [-0.2, 0) is 9.47 Å². The van der Waals surface area contributed by atoms with Gasteiger partial charge in [-0.25, -0.2) is 0 Å². The lowest BCUT2D eigenvalue weighted by Crippen LogP contribution is -2.34. The lowest BCUT2D eigenvalue weighted by Gasteiger charge is -2.33. The van der Waals surface area contributed by atoms with Gasteiger partial charge in [-0.3, -0.25) is 10.1 Å². The molecule has 0 N–H and O–H groups in total. The van der Waals surface area contributed by atoms with Crippen LogP contribution in [0.3, 0.4) is 0 Å². The van der Waals surface area contributed by atoms with Crippen molar-refractivity contribution in [2.24, 2.45) is 5.92 Å². The second-order valence-corrected chi connectivity index (χ2v) is 5.82. The normalized spacial score (nSPS) is 22.2. The van der Waals surface area contributed by atoms with Gasteiger partial charge >= 0.3 is 0 Å². The van der Waals surface area contributed by atoms with E-state index >= 15 is 0 Å². The fourth-order valence-corrected chi connectivity index (χ4v) is 3.51. The van der Waals surface area contributed by atoms with Gasteiger partial charge in [-0.2, -0.15) is 0 Å². The molecule has 1 aromatic carbocycles. The molecular weight excluding hydrogens is 338 g/mol. The average molecular weight is 356 g/mol. The molecule has 2 atom stereocenters. The topological polar surface area (TPSA) is 61.6 Å². The number of nitro groups is 1. The van der Waals surface area contributed by atoms with Crippen molar-refractivity contribution in [3.63, 3.8) is 0 Å². The molecule has 0 fully saturated rings. The van der Waals surface area contributed by atoms with Crippen LogP contribution in [0.5, 0.6) is 0 Å². The maximum Gasteiger partial charge on any atom is 0.250 e. The lowest BCUT2D eigenvalue weighted by atomic mass is 9.77. The van der Waals surface area contributed by atoms with Crippen LogP contribution in [0.4, 0.5) is 0 Å². The SMILES string of the molecule is COC(OC)[C@@H]1CCC=C([N+](=O)[O-])[C@@H]1c1ccccc1Br. The summed E-state index contributed by atoms with van der Waals surface area (Å²) in [5.41, 5.74) is 1.11. The van der Waals surface area contributed by atoms with Crippen LogP contribution < -0.4 is 0 Å². The smallest absolute Gasteiger partial charge is 0.250 e. The molecule has 0 bridgehead atoms. The van der Waals surface area contributed by atoms with Gasteiger partial charge in [0.2, 0.25) is 5.70 Å². The molecule has 2 rings (SSSR count). The molecule has 1 aromatic rings. The van der Waals surface area contributed by atoms with E-state index in [0.717, 1.165) is 16.5 Å². The number of rotatable bonds is 5. The molecule has 114 valence electrons. The zero-order chi connectivity index (χ0) is 15.4. The molecule has 0 amide bonds. The van der Waals surface area contributed by atoms with Crippen LogP contribution >= 0.6 is 15.9 Å². The predicted octanol–water partition coefficient (Wildman–Crippen LogP) is 3.72. The van der Waals surface area contributed by atoms with Crippen molar-refractivity contribution in [3.05, 3.63) is 56.2 Å². The first-order valence-corrected chi connectivity index (χ1v) is 7.54. The van der Waals surface area contributed by atoms with Crippen molar-refractivity contribution < 1.29 is 14.4 Å². The number of methoxy groups -OCH3 is 2. The van der Waals surface area contributed by atoms with E-state index < -0.39 is 6.29 Å². The van der Waals surface area contributed by atoms with Gasteiger partial charge in [0.25, 0.3) is 0 Å². The number of nitrogens with zero attached hydrogens (tertiary/aromatic N) is 1. The molecule has 0 saturated heterocycles. The number of benzene rings is 1. The molecule has 5 nitrogen and oxygen atoms in total. The second-order valence-electron chi connectivity index (χ2n) is 4.97. The molecule has 6 heteroatoms. The van der Waals surface area contributed by atoms with Crippen LogP contribution in [0.2, 0.25) is 0 Å². The number of halogens is 1. The number of allylic oxidation sites excluding steroid dienone is 2. The Hall–Kier alpha value is -1.24. The fourth-order valence-electron chi connectivity index (χ4n) is 2.98. The van der Waals surface area contributed by atoms with Crippen LogP contribution in [0.1, 0.15) is 24.3 Å².